The van der Waals surface area contributed by atoms with Crippen LogP contribution in [0.25, 0.3) is 0 Å². The lowest BCUT2D eigenvalue weighted by atomic mass is 10.0. The van der Waals surface area contributed by atoms with Gasteiger partial charge in [-0.05, 0) is 17.7 Å². The number of nitrogens with two attached hydrogens (primary N) is 1. The Labute approximate surface area is 116 Å². The minimum absolute atomic E-state index is 0.314. The standard InChI is InChI=1S/C12H9ClF3NO3/c13-7-3-1-2-6(4-7)5-8(17)9(11(19)20)10(18)12(14,15)16/h1-4H,5,17H2,(H,19,20)/b9-8-. The summed E-state index contributed by atoms with van der Waals surface area (Å²) in [6, 6.07) is 5.96. The lowest BCUT2D eigenvalue weighted by molar-refractivity contribution is -0.168. The third-order valence-electron chi connectivity index (χ3n) is 2.30. The summed E-state index contributed by atoms with van der Waals surface area (Å²) in [4.78, 5) is 21.8. The van der Waals surface area contributed by atoms with Crippen molar-refractivity contribution in [3.05, 3.63) is 46.1 Å². The van der Waals surface area contributed by atoms with Crippen LogP contribution in [-0.4, -0.2) is 23.0 Å². The predicted octanol–water partition coefficient (Wildman–Crippen LogP) is 2.31. The summed E-state index contributed by atoms with van der Waals surface area (Å²) in [6.45, 7) is 0. The predicted molar refractivity (Wildman–Crippen MR) is 65.1 cm³/mol. The summed E-state index contributed by atoms with van der Waals surface area (Å²) < 4.78 is 36.9. The Hall–Kier alpha value is -2.02. The number of hydrogen-bond acceptors (Lipinski definition) is 3. The number of aliphatic carboxylic acids is 1. The van der Waals surface area contributed by atoms with Crippen LogP contribution in [0, 0.1) is 0 Å². The quantitative estimate of drug-likeness (QED) is 0.508. The summed E-state index contributed by atoms with van der Waals surface area (Å²) >= 11 is 5.69. The zero-order valence-corrected chi connectivity index (χ0v) is 10.6. The monoisotopic (exact) mass is 307 g/mol. The van der Waals surface area contributed by atoms with Gasteiger partial charge in [0.1, 0.15) is 5.57 Å². The molecule has 108 valence electrons. The number of allylic oxidation sites excluding steroid dienone is 1. The van der Waals surface area contributed by atoms with E-state index < -0.39 is 29.2 Å². The van der Waals surface area contributed by atoms with Crippen molar-refractivity contribution in [3.63, 3.8) is 0 Å². The first kappa shape index (κ1) is 16.0. The van der Waals surface area contributed by atoms with E-state index in [0.717, 1.165) is 0 Å². The zero-order chi connectivity index (χ0) is 15.5. The average Bonchev–Trinajstić information content (AvgIpc) is 2.26. The molecule has 0 fully saturated rings. The topological polar surface area (TPSA) is 80.4 Å². The summed E-state index contributed by atoms with van der Waals surface area (Å²) in [5, 5.41) is 9.04. The Balaban J connectivity index is 3.17. The zero-order valence-electron chi connectivity index (χ0n) is 9.87. The molecule has 1 aromatic rings. The fourth-order valence-corrected chi connectivity index (χ4v) is 1.69. The molecule has 0 radical (unpaired) electrons. The molecule has 1 rings (SSSR count). The van der Waals surface area contributed by atoms with Gasteiger partial charge in [0, 0.05) is 17.1 Å². The number of carbonyl (C=O) groups excluding carboxylic acids is 1. The van der Waals surface area contributed by atoms with E-state index in [1.807, 2.05) is 0 Å². The number of rotatable bonds is 4. The van der Waals surface area contributed by atoms with Gasteiger partial charge >= 0.3 is 12.1 Å². The Morgan fingerprint density at radius 3 is 2.35 bits per heavy atom. The molecule has 0 bridgehead atoms. The molecule has 0 aliphatic rings. The number of benzene rings is 1. The average molecular weight is 308 g/mol. The van der Waals surface area contributed by atoms with Gasteiger partial charge in [0.2, 0.25) is 0 Å². The fraction of sp³-hybridized carbons (Fsp3) is 0.167. The third-order valence-corrected chi connectivity index (χ3v) is 2.54. The summed E-state index contributed by atoms with van der Waals surface area (Å²) in [7, 11) is 0. The number of carboxylic acid groups (broad SMARTS) is 1. The minimum atomic E-state index is -5.30. The van der Waals surface area contributed by atoms with Crippen molar-refractivity contribution >= 4 is 23.4 Å². The largest absolute Gasteiger partial charge is 0.477 e. The second kappa shape index (κ2) is 5.96. The number of ketones is 1. The van der Waals surface area contributed by atoms with Gasteiger partial charge in [0.25, 0.3) is 5.78 Å². The van der Waals surface area contributed by atoms with Gasteiger partial charge < -0.3 is 10.8 Å². The number of carbonyl (C=O) groups is 2. The molecule has 0 aromatic heterocycles. The molecule has 0 aliphatic heterocycles. The third kappa shape index (κ3) is 3.99. The van der Waals surface area contributed by atoms with E-state index in [-0.39, 0.29) is 6.42 Å². The van der Waals surface area contributed by atoms with Crippen LogP contribution in [-0.2, 0) is 16.0 Å². The van der Waals surface area contributed by atoms with Crippen molar-refractivity contribution in [1.82, 2.24) is 0 Å². The van der Waals surface area contributed by atoms with Crippen molar-refractivity contribution in [2.45, 2.75) is 12.6 Å². The van der Waals surface area contributed by atoms with Crippen LogP contribution in [0.4, 0.5) is 13.2 Å². The van der Waals surface area contributed by atoms with Crippen molar-refractivity contribution in [3.8, 4) is 0 Å². The molecule has 0 spiro atoms. The second-order valence-corrected chi connectivity index (χ2v) is 4.28. The molecule has 4 nitrogen and oxygen atoms in total. The number of alkyl halides is 3. The van der Waals surface area contributed by atoms with Crippen molar-refractivity contribution < 1.29 is 27.9 Å². The normalized spacial score (nSPS) is 12.8. The lowest BCUT2D eigenvalue weighted by Gasteiger charge is -2.10. The number of Topliss-reactive ketones (excluding diaryl/α,β-unsaturated/α-hetero) is 1. The van der Waals surface area contributed by atoms with E-state index in [9.17, 15) is 22.8 Å². The molecular formula is C12H9ClF3NO3. The SMILES string of the molecule is N/C(Cc1cccc(Cl)c1)=C(\C(=O)O)C(=O)C(F)(F)F. The molecular weight excluding hydrogens is 299 g/mol. The van der Waals surface area contributed by atoms with Crippen molar-refractivity contribution in [2.75, 3.05) is 0 Å². The van der Waals surface area contributed by atoms with Crippen LogP contribution in [0.15, 0.2) is 35.5 Å². The second-order valence-electron chi connectivity index (χ2n) is 3.84. The Morgan fingerprint density at radius 1 is 1.30 bits per heavy atom. The van der Waals surface area contributed by atoms with Gasteiger partial charge in [-0.15, -0.1) is 0 Å². The van der Waals surface area contributed by atoms with E-state index in [4.69, 9.17) is 22.4 Å². The van der Waals surface area contributed by atoms with E-state index in [0.29, 0.717) is 10.6 Å². The molecule has 3 N–H and O–H groups in total. The van der Waals surface area contributed by atoms with Gasteiger partial charge in [0.05, 0.1) is 0 Å². The maximum Gasteiger partial charge on any atom is 0.455 e. The van der Waals surface area contributed by atoms with Gasteiger partial charge in [-0.1, -0.05) is 23.7 Å². The molecule has 0 heterocycles. The van der Waals surface area contributed by atoms with Gasteiger partial charge in [-0.3, -0.25) is 4.79 Å². The molecule has 0 aliphatic carbocycles. The maximum absolute atomic E-state index is 12.3. The first-order chi connectivity index (χ1) is 9.12. The first-order valence-corrected chi connectivity index (χ1v) is 5.58. The van der Waals surface area contributed by atoms with Gasteiger partial charge in [-0.2, -0.15) is 13.2 Å². The molecule has 0 saturated carbocycles. The fourth-order valence-electron chi connectivity index (χ4n) is 1.48. The smallest absolute Gasteiger partial charge is 0.455 e. The van der Waals surface area contributed by atoms with Crippen molar-refractivity contribution in [2.24, 2.45) is 5.73 Å². The van der Waals surface area contributed by atoms with Gasteiger partial charge in [0.15, 0.2) is 0 Å². The highest BCUT2D eigenvalue weighted by molar-refractivity contribution is 6.30. The van der Waals surface area contributed by atoms with E-state index in [1.54, 1.807) is 0 Å². The lowest BCUT2D eigenvalue weighted by Crippen LogP contribution is -2.31. The highest BCUT2D eigenvalue weighted by Gasteiger charge is 2.44. The van der Waals surface area contributed by atoms with Crippen LogP contribution in [0.5, 0.6) is 0 Å². The number of carboxylic acids is 1. The minimum Gasteiger partial charge on any atom is -0.477 e. The molecule has 0 unspecified atom stereocenters. The number of hydrogen-bond donors (Lipinski definition) is 2. The maximum atomic E-state index is 12.3. The van der Waals surface area contributed by atoms with Gasteiger partial charge in [-0.25, -0.2) is 4.79 Å². The summed E-state index contributed by atoms with van der Waals surface area (Å²) in [5.74, 6) is -4.50. The Morgan fingerprint density at radius 2 is 1.90 bits per heavy atom. The molecule has 0 amide bonds. The highest BCUT2D eigenvalue weighted by atomic mass is 35.5. The Bertz CT molecular complexity index is 582. The summed E-state index contributed by atoms with van der Waals surface area (Å²) in [5.41, 5.74) is 3.57. The first-order valence-electron chi connectivity index (χ1n) is 5.20. The van der Waals surface area contributed by atoms with Crippen LogP contribution in [0.1, 0.15) is 5.56 Å². The number of halogens is 4. The Kier molecular flexibility index (Phi) is 4.78. The van der Waals surface area contributed by atoms with Crippen molar-refractivity contribution in [1.29, 1.82) is 0 Å². The van der Waals surface area contributed by atoms with Crippen LogP contribution in [0.2, 0.25) is 5.02 Å². The van der Waals surface area contributed by atoms with E-state index >= 15 is 0 Å². The van der Waals surface area contributed by atoms with Crippen LogP contribution < -0.4 is 5.73 Å². The molecule has 0 atom stereocenters. The van der Waals surface area contributed by atoms with Crippen LogP contribution in [0.3, 0.4) is 0 Å². The molecule has 1 aromatic carbocycles. The highest BCUT2D eigenvalue weighted by Crippen LogP contribution is 2.23. The van der Waals surface area contributed by atoms with E-state index in [1.165, 1.54) is 24.3 Å². The molecule has 8 heteroatoms. The van der Waals surface area contributed by atoms with E-state index in [2.05, 4.69) is 0 Å². The van der Waals surface area contributed by atoms with Crippen LogP contribution >= 0.6 is 11.6 Å². The molecule has 20 heavy (non-hydrogen) atoms. The molecule has 0 saturated heterocycles. The summed E-state index contributed by atoms with van der Waals surface area (Å²) in [6.07, 6.45) is -5.63.